The minimum Gasteiger partial charge on any atom is -0.334 e. The normalized spacial score (nSPS) is 17.2. The van der Waals surface area contributed by atoms with Gasteiger partial charge in [-0.1, -0.05) is 48.5 Å². The van der Waals surface area contributed by atoms with E-state index in [0.717, 1.165) is 31.6 Å². The fraction of sp³-hybridized carbons (Fsp3) is 0.462. The molecule has 2 aliphatic rings. The van der Waals surface area contributed by atoms with Gasteiger partial charge in [0, 0.05) is 51.0 Å². The molecule has 2 aromatic carbocycles. The molecule has 7 nitrogen and oxygen atoms in total. The number of likely N-dealkylation sites (N-methyl/N-ethyl adjacent to an activating group) is 1. The van der Waals surface area contributed by atoms with Crippen LogP contribution in [0.4, 0.5) is 10.5 Å². The van der Waals surface area contributed by atoms with Crippen molar-refractivity contribution in [1.29, 1.82) is 0 Å². The molecule has 7 heteroatoms. The lowest BCUT2D eigenvalue weighted by atomic mass is 10.1. The van der Waals surface area contributed by atoms with Crippen LogP contribution < -0.4 is 10.2 Å². The third kappa shape index (κ3) is 6.12. The van der Waals surface area contributed by atoms with E-state index < -0.39 is 0 Å². The Morgan fingerprint density at radius 3 is 2.36 bits per heavy atom. The molecule has 0 saturated carbocycles. The van der Waals surface area contributed by atoms with Crippen molar-refractivity contribution in [3.8, 4) is 0 Å². The Labute approximate surface area is 196 Å². The van der Waals surface area contributed by atoms with Crippen LogP contribution >= 0.6 is 0 Å². The molecule has 1 saturated heterocycles. The maximum absolute atomic E-state index is 13.0. The van der Waals surface area contributed by atoms with E-state index >= 15 is 0 Å². The summed E-state index contributed by atoms with van der Waals surface area (Å²) in [5.74, 6) is 0.145. The molecule has 2 aromatic rings. The number of urea groups is 1. The first-order valence-electron chi connectivity index (χ1n) is 11.8. The molecule has 176 valence electrons. The SMILES string of the molecule is CN(C)C[C@H](Cc1ccccc1)NC(=O)N1CCN(CC(=O)N2CCc3ccccc32)CC1. The number of amides is 3. The highest BCUT2D eigenvalue weighted by molar-refractivity contribution is 5.96. The second-order valence-electron chi connectivity index (χ2n) is 9.29. The third-order valence-corrected chi connectivity index (χ3v) is 6.44. The number of hydrogen-bond donors (Lipinski definition) is 1. The molecule has 1 fully saturated rings. The Morgan fingerprint density at radius 2 is 1.64 bits per heavy atom. The highest BCUT2D eigenvalue weighted by Gasteiger charge is 2.28. The Hall–Kier alpha value is -2.90. The summed E-state index contributed by atoms with van der Waals surface area (Å²) in [6, 6.07) is 18.5. The monoisotopic (exact) mass is 449 g/mol. The number of benzene rings is 2. The number of carbonyl (C=O) groups excluding carboxylic acids is 2. The zero-order valence-corrected chi connectivity index (χ0v) is 19.7. The molecule has 1 N–H and O–H groups in total. The number of carbonyl (C=O) groups is 2. The van der Waals surface area contributed by atoms with Crippen molar-refractivity contribution in [2.75, 3.05) is 64.8 Å². The predicted molar refractivity (Wildman–Crippen MR) is 132 cm³/mol. The molecule has 2 heterocycles. The maximum Gasteiger partial charge on any atom is 0.317 e. The summed E-state index contributed by atoms with van der Waals surface area (Å²) in [6.45, 7) is 4.64. The highest BCUT2D eigenvalue weighted by atomic mass is 16.2. The largest absolute Gasteiger partial charge is 0.334 e. The molecular formula is C26H35N5O2. The molecule has 0 bridgehead atoms. The first kappa shape index (κ1) is 23.3. The lowest BCUT2D eigenvalue weighted by Crippen LogP contribution is -2.56. The number of para-hydroxylation sites is 1. The van der Waals surface area contributed by atoms with Crippen molar-refractivity contribution in [2.24, 2.45) is 0 Å². The van der Waals surface area contributed by atoms with Gasteiger partial charge in [-0.25, -0.2) is 4.79 Å². The van der Waals surface area contributed by atoms with Gasteiger partial charge in [0.25, 0.3) is 0 Å². The number of nitrogens with zero attached hydrogens (tertiary/aromatic N) is 4. The minimum atomic E-state index is -0.0165. The van der Waals surface area contributed by atoms with Crippen molar-refractivity contribution < 1.29 is 9.59 Å². The van der Waals surface area contributed by atoms with Crippen LogP contribution in [0.2, 0.25) is 0 Å². The van der Waals surface area contributed by atoms with E-state index in [9.17, 15) is 9.59 Å². The zero-order valence-electron chi connectivity index (χ0n) is 19.7. The van der Waals surface area contributed by atoms with E-state index in [1.807, 2.05) is 60.3 Å². The van der Waals surface area contributed by atoms with Gasteiger partial charge in [0.1, 0.15) is 0 Å². The maximum atomic E-state index is 13.0. The number of anilines is 1. The van der Waals surface area contributed by atoms with Gasteiger partial charge in [-0.2, -0.15) is 0 Å². The minimum absolute atomic E-state index is 0.0165. The van der Waals surface area contributed by atoms with Gasteiger partial charge in [-0.05, 0) is 44.1 Å². The molecule has 4 rings (SSSR count). The summed E-state index contributed by atoms with van der Waals surface area (Å²) < 4.78 is 0. The van der Waals surface area contributed by atoms with Crippen molar-refractivity contribution in [3.63, 3.8) is 0 Å². The standard InChI is InChI=1S/C26H35N5O2/c1-28(2)19-23(18-21-8-4-3-5-9-21)27-26(33)30-16-14-29(15-17-30)20-25(32)31-13-12-22-10-6-7-11-24(22)31/h3-11,23H,12-20H2,1-2H3,(H,27,33)/t23-/m0/s1. The summed E-state index contributed by atoms with van der Waals surface area (Å²) in [4.78, 5) is 33.9. The molecular weight excluding hydrogens is 414 g/mol. The van der Waals surface area contributed by atoms with E-state index in [2.05, 4.69) is 33.3 Å². The highest BCUT2D eigenvalue weighted by Crippen LogP contribution is 2.27. The molecule has 0 unspecified atom stereocenters. The van der Waals surface area contributed by atoms with Crippen LogP contribution in [0.25, 0.3) is 0 Å². The Morgan fingerprint density at radius 1 is 0.939 bits per heavy atom. The fourth-order valence-electron chi connectivity index (χ4n) is 4.75. The Balaban J connectivity index is 1.26. The summed E-state index contributed by atoms with van der Waals surface area (Å²) in [6.07, 6.45) is 1.73. The van der Waals surface area contributed by atoms with E-state index in [1.165, 1.54) is 11.1 Å². The fourth-order valence-corrected chi connectivity index (χ4v) is 4.75. The molecule has 0 radical (unpaired) electrons. The van der Waals surface area contributed by atoms with Crippen molar-refractivity contribution in [2.45, 2.75) is 18.9 Å². The first-order valence-corrected chi connectivity index (χ1v) is 11.8. The Kier molecular flexibility index (Phi) is 7.62. The van der Waals surface area contributed by atoms with Gasteiger partial charge < -0.3 is 20.0 Å². The van der Waals surface area contributed by atoms with Crippen LogP contribution in [0.1, 0.15) is 11.1 Å². The summed E-state index contributed by atoms with van der Waals surface area (Å²) in [5, 5.41) is 3.23. The van der Waals surface area contributed by atoms with Gasteiger partial charge in [0.2, 0.25) is 5.91 Å². The first-order chi connectivity index (χ1) is 16.0. The van der Waals surface area contributed by atoms with Crippen molar-refractivity contribution >= 4 is 17.6 Å². The molecule has 33 heavy (non-hydrogen) atoms. The lowest BCUT2D eigenvalue weighted by Gasteiger charge is -2.36. The Bertz CT molecular complexity index is 941. The van der Waals surface area contributed by atoms with E-state index in [0.29, 0.717) is 32.7 Å². The van der Waals surface area contributed by atoms with E-state index in [-0.39, 0.29) is 18.0 Å². The zero-order chi connectivity index (χ0) is 23.2. The molecule has 0 aromatic heterocycles. The average molecular weight is 450 g/mol. The average Bonchev–Trinajstić information content (AvgIpc) is 3.24. The second-order valence-corrected chi connectivity index (χ2v) is 9.29. The second kappa shape index (κ2) is 10.8. The molecule has 0 spiro atoms. The number of piperazine rings is 1. The number of nitrogens with one attached hydrogen (secondary N) is 1. The molecule has 2 aliphatic heterocycles. The molecule has 1 atom stereocenters. The molecule has 0 aliphatic carbocycles. The van der Waals surface area contributed by atoms with Gasteiger partial charge in [-0.15, -0.1) is 0 Å². The smallest absolute Gasteiger partial charge is 0.317 e. The molecule has 3 amide bonds. The van der Waals surface area contributed by atoms with Crippen LogP contribution in [0.15, 0.2) is 54.6 Å². The van der Waals surface area contributed by atoms with Gasteiger partial charge in [0.05, 0.1) is 6.54 Å². The van der Waals surface area contributed by atoms with Gasteiger partial charge >= 0.3 is 6.03 Å². The quantitative estimate of drug-likeness (QED) is 0.703. The van der Waals surface area contributed by atoms with Crippen LogP contribution in [0.5, 0.6) is 0 Å². The topological polar surface area (TPSA) is 59.1 Å². The van der Waals surface area contributed by atoms with Gasteiger partial charge in [0.15, 0.2) is 0 Å². The van der Waals surface area contributed by atoms with Gasteiger partial charge in [-0.3, -0.25) is 9.69 Å². The van der Waals surface area contributed by atoms with E-state index in [1.54, 1.807) is 0 Å². The van der Waals surface area contributed by atoms with Crippen molar-refractivity contribution in [1.82, 2.24) is 20.0 Å². The number of rotatable bonds is 7. The van der Waals surface area contributed by atoms with Crippen LogP contribution in [-0.4, -0.2) is 92.6 Å². The van der Waals surface area contributed by atoms with E-state index in [4.69, 9.17) is 0 Å². The van der Waals surface area contributed by atoms with Crippen LogP contribution in [0, 0.1) is 0 Å². The lowest BCUT2D eigenvalue weighted by molar-refractivity contribution is -0.120. The van der Waals surface area contributed by atoms with Crippen LogP contribution in [-0.2, 0) is 17.6 Å². The number of hydrogen-bond acceptors (Lipinski definition) is 4. The van der Waals surface area contributed by atoms with Crippen molar-refractivity contribution in [3.05, 3.63) is 65.7 Å². The van der Waals surface area contributed by atoms with Crippen LogP contribution in [0.3, 0.4) is 0 Å². The number of fused-ring (bicyclic) bond motifs is 1. The summed E-state index contributed by atoms with van der Waals surface area (Å²) in [5.41, 5.74) is 3.51. The summed E-state index contributed by atoms with van der Waals surface area (Å²) in [7, 11) is 4.05. The third-order valence-electron chi connectivity index (χ3n) is 6.44. The predicted octanol–water partition coefficient (Wildman–Crippen LogP) is 2.08. The summed E-state index contributed by atoms with van der Waals surface area (Å²) >= 11 is 0.